The molecule has 146 valence electrons. The van der Waals surface area contributed by atoms with Gasteiger partial charge in [0.05, 0.1) is 11.0 Å². The van der Waals surface area contributed by atoms with Crippen LogP contribution in [0.5, 0.6) is 0 Å². The molecule has 0 saturated carbocycles. The summed E-state index contributed by atoms with van der Waals surface area (Å²) >= 11 is 0. The van der Waals surface area contributed by atoms with E-state index in [9.17, 15) is 14.0 Å². The number of aliphatic carboxylic acids is 1. The number of nitrogens with one attached hydrogen (secondary N) is 2. The van der Waals surface area contributed by atoms with Gasteiger partial charge in [-0.15, -0.1) is 0 Å². The fourth-order valence-corrected chi connectivity index (χ4v) is 2.93. The molecule has 0 saturated heterocycles. The number of imidazole rings is 1. The number of benzene rings is 2. The molecule has 1 aromatic heterocycles. The monoisotopic (exact) mass is 384 g/mol. The van der Waals surface area contributed by atoms with Gasteiger partial charge < -0.3 is 20.3 Å². The SMILES string of the molecule is Cc1ccc(-c2nc3cc(F)ccc3n2C)cc1NC(=O)NCCCC(=O)O. The lowest BCUT2D eigenvalue weighted by Crippen LogP contribution is -2.30. The summed E-state index contributed by atoms with van der Waals surface area (Å²) in [5, 5.41) is 14.0. The van der Waals surface area contributed by atoms with Gasteiger partial charge in [-0.1, -0.05) is 12.1 Å². The zero-order valence-corrected chi connectivity index (χ0v) is 15.6. The molecule has 2 aromatic carbocycles. The Morgan fingerprint density at radius 3 is 2.75 bits per heavy atom. The Balaban J connectivity index is 1.79. The molecule has 0 aliphatic heterocycles. The van der Waals surface area contributed by atoms with Gasteiger partial charge in [0.25, 0.3) is 0 Å². The molecule has 7 nitrogen and oxygen atoms in total. The number of carbonyl (C=O) groups excluding carboxylic acids is 1. The third-order valence-corrected chi connectivity index (χ3v) is 4.44. The summed E-state index contributed by atoms with van der Waals surface area (Å²) in [4.78, 5) is 27.1. The van der Waals surface area contributed by atoms with Crippen molar-refractivity contribution in [3.05, 3.63) is 47.8 Å². The number of nitrogens with zero attached hydrogens (tertiary/aromatic N) is 2. The second-order valence-electron chi connectivity index (χ2n) is 6.54. The normalized spacial score (nSPS) is 10.8. The molecule has 28 heavy (non-hydrogen) atoms. The van der Waals surface area contributed by atoms with Gasteiger partial charge in [-0.05, 0) is 37.1 Å². The van der Waals surface area contributed by atoms with Gasteiger partial charge in [-0.25, -0.2) is 14.2 Å². The molecule has 0 unspecified atom stereocenters. The molecule has 0 aliphatic rings. The van der Waals surface area contributed by atoms with Crippen LogP contribution < -0.4 is 10.6 Å². The number of amides is 2. The van der Waals surface area contributed by atoms with Crippen LogP contribution in [-0.4, -0.2) is 33.2 Å². The van der Waals surface area contributed by atoms with Crippen LogP contribution in [0.4, 0.5) is 14.9 Å². The zero-order valence-electron chi connectivity index (χ0n) is 15.6. The molecule has 3 N–H and O–H groups in total. The first-order valence-corrected chi connectivity index (χ1v) is 8.85. The molecule has 1 heterocycles. The van der Waals surface area contributed by atoms with E-state index in [4.69, 9.17) is 5.11 Å². The molecule has 0 fully saturated rings. The summed E-state index contributed by atoms with van der Waals surface area (Å²) in [6.07, 6.45) is 0.361. The number of urea groups is 1. The summed E-state index contributed by atoms with van der Waals surface area (Å²) < 4.78 is 15.3. The summed E-state index contributed by atoms with van der Waals surface area (Å²) in [6, 6.07) is 9.63. The minimum Gasteiger partial charge on any atom is -0.481 e. The van der Waals surface area contributed by atoms with Gasteiger partial charge in [0, 0.05) is 37.3 Å². The smallest absolute Gasteiger partial charge is 0.319 e. The minimum atomic E-state index is -0.895. The van der Waals surface area contributed by atoms with Gasteiger partial charge in [-0.3, -0.25) is 4.79 Å². The lowest BCUT2D eigenvalue weighted by Gasteiger charge is -2.12. The summed E-state index contributed by atoms with van der Waals surface area (Å²) in [7, 11) is 1.85. The highest BCUT2D eigenvalue weighted by atomic mass is 19.1. The van der Waals surface area contributed by atoms with Gasteiger partial charge >= 0.3 is 12.0 Å². The molecular weight excluding hydrogens is 363 g/mol. The van der Waals surface area contributed by atoms with Crippen LogP contribution in [0.1, 0.15) is 18.4 Å². The standard InChI is InChI=1S/C20H21FN4O3/c1-12-5-6-13(10-15(12)24-20(28)22-9-3-4-18(26)27)19-23-16-11-14(21)7-8-17(16)25(19)2/h5-8,10-11H,3-4,9H2,1-2H3,(H,26,27)(H2,22,24,28). The number of carboxylic acid groups (broad SMARTS) is 1. The fourth-order valence-electron chi connectivity index (χ4n) is 2.93. The van der Waals surface area contributed by atoms with E-state index in [-0.39, 0.29) is 18.8 Å². The molecule has 0 radical (unpaired) electrons. The maximum Gasteiger partial charge on any atom is 0.319 e. The third kappa shape index (κ3) is 4.28. The Kier molecular flexibility index (Phi) is 5.58. The van der Waals surface area contributed by atoms with Crippen LogP contribution in [0.2, 0.25) is 0 Å². The fraction of sp³-hybridized carbons (Fsp3) is 0.250. The highest BCUT2D eigenvalue weighted by molar-refractivity contribution is 5.91. The van der Waals surface area contributed by atoms with Crippen molar-refractivity contribution >= 4 is 28.7 Å². The molecular formula is C20H21FN4O3. The van der Waals surface area contributed by atoms with Crippen molar-refractivity contribution in [1.82, 2.24) is 14.9 Å². The lowest BCUT2D eigenvalue weighted by atomic mass is 10.1. The number of carboxylic acids is 1. The van der Waals surface area contributed by atoms with E-state index in [1.165, 1.54) is 12.1 Å². The molecule has 3 aromatic rings. The van der Waals surface area contributed by atoms with Gasteiger partial charge in [0.1, 0.15) is 11.6 Å². The number of aryl methyl sites for hydroxylation is 2. The summed E-state index contributed by atoms with van der Waals surface area (Å²) in [5.41, 5.74) is 3.64. The summed E-state index contributed by atoms with van der Waals surface area (Å²) in [5.74, 6) is -0.582. The topological polar surface area (TPSA) is 96.3 Å². The van der Waals surface area contributed by atoms with Crippen molar-refractivity contribution in [2.24, 2.45) is 7.05 Å². The highest BCUT2D eigenvalue weighted by Gasteiger charge is 2.13. The van der Waals surface area contributed by atoms with Gasteiger partial charge in [-0.2, -0.15) is 0 Å². The molecule has 8 heteroatoms. The quantitative estimate of drug-likeness (QED) is 0.565. The van der Waals surface area contributed by atoms with E-state index in [2.05, 4.69) is 15.6 Å². The van der Waals surface area contributed by atoms with Crippen LogP contribution in [-0.2, 0) is 11.8 Å². The van der Waals surface area contributed by atoms with Crippen LogP contribution in [0, 0.1) is 12.7 Å². The predicted octanol–water partition coefficient (Wildman–Crippen LogP) is 3.67. The maximum absolute atomic E-state index is 13.5. The lowest BCUT2D eigenvalue weighted by molar-refractivity contribution is -0.137. The third-order valence-electron chi connectivity index (χ3n) is 4.44. The van der Waals surface area contributed by atoms with Crippen LogP contribution in [0.3, 0.4) is 0 Å². The Hall–Kier alpha value is -3.42. The number of hydrogen-bond donors (Lipinski definition) is 3. The molecule has 0 bridgehead atoms. The summed E-state index contributed by atoms with van der Waals surface area (Å²) in [6.45, 7) is 2.14. The van der Waals surface area contributed by atoms with Gasteiger partial charge in [0.15, 0.2) is 0 Å². The molecule has 2 amide bonds. The molecule has 0 aliphatic carbocycles. The van der Waals surface area contributed by atoms with E-state index in [1.807, 2.05) is 36.7 Å². The average Bonchev–Trinajstić information content (AvgIpc) is 2.96. The van der Waals surface area contributed by atoms with Crippen molar-refractivity contribution in [1.29, 1.82) is 0 Å². The number of rotatable bonds is 6. The Morgan fingerprint density at radius 1 is 1.21 bits per heavy atom. The first-order valence-electron chi connectivity index (χ1n) is 8.85. The number of aromatic nitrogens is 2. The van der Waals surface area contributed by atoms with Crippen LogP contribution in [0.15, 0.2) is 36.4 Å². The highest BCUT2D eigenvalue weighted by Crippen LogP contribution is 2.27. The number of carbonyl (C=O) groups is 2. The van der Waals surface area contributed by atoms with Crippen molar-refractivity contribution in [3.8, 4) is 11.4 Å². The van der Waals surface area contributed by atoms with Crippen molar-refractivity contribution in [2.45, 2.75) is 19.8 Å². The number of halogens is 1. The average molecular weight is 384 g/mol. The van der Waals surface area contributed by atoms with E-state index >= 15 is 0 Å². The first-order chi connectivity index (χ1) is 13.3. The maximum atomic E-state index is 13.5. The number of anilines is 1. The van der Waals surface area contributed by atoms with Crippen molar-refractivity contribution in [2.75, 3.05) is 11.9 Å². The van der Waals surface area contributed by atoms with E-state index < -0.39 is 12.0 Å². The second kappa shape index (κ2) is 8.08. The van der Waals surface area contributed by atoms with E-state index in [0.29, 0.717) is 23.4 Å². The molecule has 0 atom stereocenters. The van der Waals surface area contributed by atoms with E-state index in [0.717, 1.165) is 16.6 Å². The second-order valence-corrected chi connectivity index (χ2v) is 6.54. The van der Waals surface area contributed by atoms with Gasteiger partial charge in [0.2, 0.25) is 0 Å². The Labute approximate surface area is 161 Å². The number of fused-ring (bicyclic) bond motifs is 1. The first kappa shape index (κ1) is 19.3. The largest absolute Gasteiger partial charge is 0.481 e. The predicted molar refractivity (Wildman–Crippen MR) is 105 cm³/mol. The van der Waals surface area contributed by atoms with Crippen LogP contribution >= 0.6 is 0 Å². The minimum absolute atomic E-state index is 0.00209. The van der Waals surface area contributed by atoms with Crippen LogP contribution in [0.25, 0.3) is 22.4 Å². The zero-order chi connectivity index (χ0) is 20.3. The van der Waals surface area contributed by atoms with Crippen molar-refractivity contribution in [3.63, 3.8) is 0 Å². The Bertz CT molecular complexity index is 1050. The molecule has 3 rings (SSSR count). The Morgan fingerprint density at radius 2 is 2.00 bits per heavy atom. The number of hydrogen-bond acceptors (Lipinski definition) is 3. The van der Waals surface area contributed by atoms with E-state index in [1.54, 1.807) is 6.07 Å². The molecule has 0 spiro atoms. The van der Waals surface area contributed by atoms with Crippen molar-refractivity contribution < 1.29 is 19.1 Å².